The topological polar surface area (TPSA) is 38.5 Å². The molecule has 3 nitrogen and oxygen atoms in total. The van der Waals surface area contributed by atoms with Gasteiger partial charge in [-0.3, -0.25) is 4.90 Å². The van der Waals surface area contributed by atoms with Crippen LogP contribution >= 0.6 is 15.9 Å². The summed E-state index contributed by atoms with van der Waals surface area (Å²) in [5.41, 5.74) is 7.17. The minimum Gasteiger partial charge on any atom is -0.497 e. The molecule has 1 aromatic rings. The van der Waals surface area contributed by atoms with Crippen LogP contribution in [0.3, 0.4) is 0 Å². The van der Waals surface area contributed by atoms with E-state index >= 15 is 0 Å². The standard InChI is InChI=1S/C13H19BrN2O/c1-17-10-4-5-12(14)11(8-10)13(9-15)16-6-2-3-7-16/h4-5,8,13H,2-3,6-7,9,15H2,1H3. The van der Waals surface area contributed by atoms with Gasteiger partial charge in [0.15, 0.2) is 0 Å². The average Bonchev–Trinajstić information content (AvgIpc) is 2.86. The first kappa shape index (κ1) is 12.9. The third kappa shape index (κ3) is 2.81. The summed E-state index contributed by atoms with van der Waals surface area (Å²) in [5, 5.41) is 0. The van der Waals surface area contributed by atoms with Crippen LogP contribution in [0.15, 0.2) is 22.7 Å². The molecule has 2 rings (SSSR count). The highest BCUT2D eigenvalue weighted by atomic mass is 79.9. The second kappa shape index (κ2) is 5.85. The highest BCUT2D eigenvalue weighted by Gasteiger charge is 2.24. The van der Waals surface area contributed by atoms with Gasteiger partial charge in [0.25, 0.3) is 0 Å². The predicted molar refractivity (Wildman–Crippen MR) is 73.3 cm³/mol. The van der Waals surface area contributed by atoms with Crippen molar-refractivity contribution in [1.82, 2.24) is 4.90 Å². The van der Waals surface area contributed by atoms with E-state index in [4.69, 9.17) is 10.5 Å². The van der Waals surface area contributed by atoms with Crippen LogP contribution in [-0.4, -0.2) is 31.6 Å². The van der Waals surface area contributed by atoms with Crippen LogP contribution in [0.25, 0.3) is 0 Å². The number of ether oxygens (including phenoxy) is 1. The summed E-state index contributed by atoms with van der Waals surface area (Å²) in [6, 6.07) is 6.37. The van der Waals surface area contributed by atoms with Crippen LogP contribution in [0.5, 0.6) is 5.75 Å². The lowest BCUT2D eigenvalue weighted by Crippen LogP contribution is -2.31. The molecule has 1 saturated heterocycles. The minimum absolute atomic E-state index is 0.293. The average molecular weight is 299 g/mol. The van der Waals surface area contributed by atoms with Crippen molar-refractivity contribution in [3.05, 3.63) is 28.2 Å². The Kier molecular flexibility index (Phi) is 4.42. The molecule has 0 bridgehead atoms. The van der Waals surface area contributed by atoms with E-state index < -0.39 is 0 Å². The third-order valence-electron chi connectivity index (χ3n) is 3.37. The number of benzene rings is 1. The van der Waals surface area contributed by atoms with E-state index in [0.717, 1.165) is 23.3 Å². The normalized spacial score (nSPS) is 18.3. The Labute approximate surface area is 111 Å². The lowest BCUT2D eigenvalue weighted by Gasteiger charge is -2.27. The molecule has 94 valence electrons. The van der Waals surface area contributed by atoms with Crippen molar-refractivity contribution in [2.24, 2.45) is 5.73 Å². The molecule has 1 aromatic carbocycles. The monoisotopic (exact) mass is 298 g/mol. The smallest absolute Gasteiger partial charge is 0.119 e. The van der Waals surface area contributed by atoms with Crippen LogP contribution in [-0.2, 0) is 0 Å². The molecule has 1 aliphatic heterocycles. The van der Waals surface area contributed by atoms with Gasteiger partial charge < -0.3 is 10.5 Å². The molecule has 1 unspecified atom stereocenters. The minimum atomic E-state index is 0.293. The summed E-state index contributed by atoms with van der Waals surface area (Å²) in [6.07, 6.45) is 2.55. The number of methoxy groups -OCH3 is 1. The molecule has 1 heterocycles. The maximum atomic E-state index is 5.94. The first-order chi connectivity index (χ1) is 8.26. The maximum Gasteiger partial charge on any atom is 0.119 e. The Hall–Kier alpha value is -0.580. The fourth-order valence-electron chi connectivity index (χ4n) is 2.43. The maximum absolute atomic E-state index is 5.94. The molecule has 1 aliphatic rings. The van der Waals surface area contributed by atoms with Gasteiger partial charge in [-0.1, -0.05) is 15.9 Å². The van der Waals surface area contributed by atoms with Crippen LogP contribution in [0, 0.1) is 0 Å². The number of halogens is 1. The van der Waals surface area contributed by atoms with Crippen LogP contribution in [0.4, 0.5) is 0 Å². The van der Waals surface area contributed by atoms with Gasteiger partial charge in [-0.25, -0.2) is 0 Å². The lowest BCUT2D eigenvalue weighted by molar-refractivity contribution is 0.250. The molecule has 1 atom stereocenters. The van der Waals surface area contributed by atoms with Gasteiger partial charge in [0.1, 0.15) is 5.75 Å². The fourth-order valence-corrected chi connectivity index (χ4v) is 2.94. The number of likely N-dealkylation sites (tertiary alicyclic amines) is 1. The Morgan fingerprint density at radius 2 is 2.12 bits per heavy atom. The zero-order chi connectivity index (χ0) is 12.3. The molecule has 0 spiro atoms. The van der Waals surface area contributed by atoms with Crippen molar-refractivity contribution < 1.29 is 4.74 Å². The van der Waals surface area contributed by atoms with E-state index in [9.17, 15) is 0 Å². The summed E-state index contributed by atoms with van der Waals surface area (Å²) in [4.78, 5) is 2.46. The summed E-state index contributed by atoms with van der Waals surface area (Å²) < 4.78 is 6.40. The van der Waals surface area contributed by atoms with Crippen molar-refractivity contribution in [3.63, 3.8) is 0 Å². The van der Waals surface area contributed by atoms with Crippen molar-refractivity contribution in [1.29, 1.82) is 0 Å². The molecule has 0 amide bonds. The van der Waals surface area contributed by atoms with Gasteiger partial charge in [0.05, 0.1) is 7.11 Å². The molecule has 0 aliphatic carbocycles. The van der Waals surface area contributed by atoms with Crippen molar-refractivity contribution >= 4 is 15.9 Å². The quantitative estimate of drug-likeness (QED) is 0.928. The van der Waals surface area contributed by atoms with E-state index in [1.54, 1.807) is 7.11 Å². The highest BCUT2D eigenvalue weighted by molar-refractivity contribution is 9.10. The van der Waals surface area contributed by atoms with Crippen LogP contribution < -0.4 is 10.5 Å². The third-order valence-corrected chi connectivity index (χ3v) is 4.09. The summed E-state index contributed by atoms with van der Waals surface area (Å²) in [7, 11) is 1.69. The Balaban J connectivity index is 2.28. The van der Waals surface area contributed by atoms with Crippen molar-refractivity contribution in [2.45, 2.75) is 18.9 Å². The molecule has 1 fully saturated rings. The van der Waals surface area contributed by atoms with E-state index in [1.165, 1.54) is 18.4 Å². The van der Waals surface area contributed by atoms with Gasteiger partial charge >= 0.3 is 0 Å². The second-order valence-electron chi connectivity index (χ2n) is 4.38. The number of hydrogen-bond acceptors (Lipinski definition) is 3. The van der Waals surface area contributed by atoms with Crippen LogP contribution in [0.2, 0.25) is 0 Å². The number of hydrogen-bond donors (Lipinski definition) is 1. The largest absolute Gasteiger partial charge is 0.497 e. The highest BCUT2D eigenvalue weighted by Crippen LogP contribution is 2.32. The van der Waals surface area contributed by atoms with Gasteiger partial charge in [-0.15, -0.1) is 0 Å². The van der Waals surface area contributed by atoms with E-state index in [0.29, 0.717) is 12.6 Å². The van der Waals surface area contributed by atoms with Crippen LogP contribution in [0.1, 0.15) is 24.4 Å². The summed E-state index contributed by atoms with van der Waals surface area (Å²) >= 11 is 3.61. The van der Waals surface area contributed by atoms with Gasteiger partial charge in [0.2, 0.25) is 0 Å². The number of nitrogens with two attached hydrogens (primary N) is 1. The predicted octanol–water partition coefficient (Wildman–Crippen LogP) is 2.55. The van der Waals surface area contributed by atoms with E-state index in [-0.39, 0.29) is 0 Å². The van der Waals surface area contributed by atoms with Crippen molar-refractivity contribution in [2.75, 3.05) is 26.7 Å². The molecular weight excluding hydrogens is 280 g/mol. The first-order valence-corrected chi connectivity index (χ1v) is 6.83. The zero-order valence-electron chi connectivity index (χ0n) is 10.2. The van der Waals surface area contributed by atoms with E-state index in [1.807, 2.05) is 12.1 Å². The summed E-state index contributed by atoms with van der Waals surface area (Å²) in [6.45, 7) is 2.93. The fraction of sp³-hybridized carbons (Fsp3) is 0.538. The SMILES string of the molecule is COc1ccc(Br)c(C(CN)N2CCCC2)c1. The lowest BCUT2D eigenvalue weighted by atomic mass is 10.1. The second-order valence-corrected chi connectivity index (χ2v) is 5.24. The van der Waals surface area contributed by atoms with E-state index in [2.05, 4.69) is 26.9 Å². The molecule has 0 radical (unpaired) electrons. The van der Waals surface area contributed by atoms with Crippen molar-refractivity contribution in [3.8, 4) is 5.75 Å². The zero-order valence-corrected chi connectivity index (χ0v) is 11.7. The number of rotatable bonds is 4. The molecule has 4 heteroatoms. The number of nitrogens with zero attached hydrogens (tertiary/aromatic N) is 1. The molecule has 0 aromatic heterocycles. The first-order valence-electron chi connectivity index (χ1n) is 6.04. The Bertz CT molecular complexity index is 378. The van der Waals surface area contributed by atoms with Gasteiger partial charge in [0, 0.05) is 17.1 Å². The molecular formula is C13H19BrN2O. The molecule has 0 saturated carbocycles. The molecule has 17 heavy (non-hydrogen) atoms. The van der Waals surface area contributed by atoms with Gasteiger partial charge in [-0.05, 0) is 49.7 Å². The Morgan fingerprint density at radius 1 is 1.41 bits per heavy atom. The van der Waals surface area contributed by atoms with Gasteiger partial charge in [-0.2, -0.15) is 0 Å². The Morgan fingerprint density at radius 3 is 2.71 bits per heavy atom. The summed E-state index contributed by atoms with van der Waals surface area (Å²) in [5.74, 6) is 0.890. The molecule has 2 N–H and O–H groups in total.